The predicted octanol–water partition coefficient (Wildman–Crippen LogP) is 2.90. The van der Waals surface area contributed by atoms with Crippen LogP contribution in [-0.4, -0.2) is 18.3 Å². The van der Waals surface area contributed by atoms with Crippen molar-refractivity contribution in [1.82, 2.24) is 5.32 Å². The van der Waals surface area contributed by atoms with E-state index < -0.39 is 18.4 Å². The van der Waals surface area contributed by atoms with Crippen LogP contribution < -0.4 is 5.32 Å². The molecule has 1 aromatic carbocycles. The summed E-state index contributed by atoms with van der Waals surface area (Å²) in [4.78, 5) is 10.8. The van der Waals surface area contributed by atoms with Gasteiger partial charge in [0.15, 0.2) is 0 Å². The minimum absolute atomic E-state index is 0.156. The van der Waals surface area contributed by atoms with Crippen LogP contribution in [0.4, 0.5) is 8.78 Å². The molecule has 0 aromatic heterocycles. The fourth-order valence-electron chi connectivity index (χ4n) is 1.07. The summed E-state index contributed by atoms with van der Waals surface area (Å²) in [5.41, 5.74) is -0.156. The zero-order valence-electron chi connectivity index (χ0n) is 8.14. The fraction of sp³-hybridized carbons (Fsp3) is 0.300. The first kappa shape index (κ1) is 13.4. The van der Waals surface area contributed by atoms with Crippen LogP contribution in [0.2, 0.25) is 0 Å². The average molecular weight is 313 g/mol. The van der Waals surface area contributed by atoms with E-state index in [1.54, 1.807) is 6.07 Å². The molecular weight excluding hydrogens is 303 g/mol. The third-order valence-electron chi connectivity index (χ3n) is 1.88. The van der Waals surface area contributed by atoms with Crippen molar-refractivity contribution >= 4 is 33.4 Å². The summed E-state index contributed by atoms with van der Waals surface area (Å²) in [6.45, 7) is -0.755. The van der Waals surface area contributed by atoms with Gasteiger partial charge in [0.1, 0.15) is 5.88 Å². The highest BCUT2D eigenvalue weighted by atomic mass is 79.9. The number of alkyl halides is 3. The van der Waals surface area contributed by atoms with Gasteiger partial charge in [0.25, 0.3) is 5.92 Å². The van der Waals surface area contributed by atoms with E-state index in [2.05, 4.69) is 21.2 Å². The topological polar surface area (TPSA) is 29.1 Å². The van der Waals surface area contributed by atoms with E-state index >= 15 is 0 Å². The van der Waals surface area contributed by atoms with Crippen molar-refractivity contribution < 1.29 is 13.6 Å². The molecule has 1 N–H and O–H groups in total. The van der Waals surface area contributed by atoms with Gasteiger partial charge in [-0.05, 0) is 12.1 Å². The fourth-order valence-corrected chi connectivity index (χ4v) is 1.57. The first-order chi connectivity index (χ1) is 7.45. The molecule has 0 atom stereocenters. The van der Waals surface area contributed by atoms with E-state index in [4.69, 9.17) is 11.6 Å². The Morgan fingerprint density at radius 1 is 1.50 bits per heavy atom. The lowest BCUT2D eigenvalue weighted by Crippen LogP contribution is -2.35. The highest BCUT2D eigenvalue weighted by molar-refractivity contribution is 9.10. The van der Waals surface area contributed by atoms with Crippen molar-refractivity contribution in [3.05, 3.63) is 34.3 Å². The Bertz CT molecular complexity index is 387. The number of carbonyl (C=O) groups excluding carboxylic acids is 1. The second-order valence-electron chi connectivity index (χ2n) is 3.13. The van der Waals surface area contributed by atoms with E-state index in [9.17, 15) is 13.6 Å². The van der Waals surface area contributed by atoms with Crippen LogP contribution in [0.5, 0.6) is 0 Å². The molecule has 0 aliphatic carbocycles. The Hall–Kier alpha value is -0.680. The highest BCUT2D eigenvalue weighted by Crippen LogP contribution is 2.28. The van der Waals surface area contributed by atoms with E-state index in [0.717, 1.165) is 0 Å². The molecule has 0 aliphatic heterocycles. The molecule has 2 nitrogen and oxygen atoms in total. The third kappa shape index (κ3) is 3.72. The van der Waals surface area contributed by atoms with Crippen LogP contribution >= 0.6 is 27.5 Å². The van der Waals surface area contributed by atoms with Gasteiger partial charge in [0.2, 0.25) is 5.91 Å². The number of benzene rings is 1. The van der Waals surface area contributed by atoms with E-state index in [-0.39, 0.29) is 11.4 Å². The molecule has 16 heavy (non-hydrogen) atoms. The Morgan fingerprint density at radius 2 is 2.19 bits per heavy atom. The lowest BCUT2D eigenvalue weighted by molar-refractivity contribution is -0.120. The van der Waals surface area contributed by atoms with Crippen molar-refractivity contribution in [2.45, 2.75) is 5.92 Å². The second-order valence-corrected chi connectivity index (χ2v) is 4.31. The largest absolute Gasteiger partial charge is 0.349 e. The quantitative estimate of drug-likeness (QED) is 0.851. The van der Waals surface area contributed by atoms with Crippen molar-refractivity contribution in [3.63, 3.8) is 0 Å². The maximum Gasteiger partial charge on any atom is 0.290 e. The Kier molecular flexibility index (Phi) is 4.68. The summed E-state index contributed by atoms with van der Waals surface area (Å²) in [6.07, 6.45) is 0. The van der Waals surface area contributed by atoms with Crippen molar-refractivity contribution in [1.29, 1.82) is 0 Å². The summed E-state index contributed by atoms with van der Waals surface area (Å²) in [5, 5.41) is 2.05. The Labute approximate surface area is 105 Å². The Balaban J connectivity index is 2.73. The lowest BCUT2D eigenvalue weighted by atomic mass is 10.1. The molecule has 1 aromatic rings. The van der Waals surface area contributed by atoms with Gasteiger partial charge in [-0.15, -0.1) is 11.6 Å². The van der Waals surface area contributed by atoms with Crippen molar-refractivity contribution in [2.75, 3.05) is 12.4 Å². The van der Waals surface area contributed by atoms with Gasteiger partial charge in [0.05, 0.1) is 6.54 Å². The number of hydrogen-bond donors (Lipinski definition) is 1. The van der Waals surface area contributed by atoms with Crippen molar-refractivity contribution in [2.24, 2.45) is 0 Å². The minimum atomic E-state index is -3.11. The zero-order valence-corrected chi connectivity index (χ0v) is 10.5. The molecule has 0 aliphatic rings. The molecule has 0 fully saturated rings. The summed E-state index contributed by atoms with van der Waals surface area (Å²) < 4.78 is 27.7. The summed E-state index contributed by atoms with van der Waals surface area (Å²) in [7, 11) is 0. The smallest absolute Gasteiger partial charge is 0.290 e. The minimum Gasteiger partial charge on any atom is -0.349 e. The van der Waals surface area contributed by atoms with Gasteiger partial charge in [-0.2, -0.15) is 8.78 Å². The highest BCUT2D eigenvalue weighted by Gasteiger charge is 2.31. The number of rotatable bonds is 4. The molecule has 0 saturated heterocycles. The monoisotopic (exact) mass is 311 g/mol. The molecule has 6 heteroatoms. The summed E-state index contributed by atoms with van der Waals surface area (Å²) >= 11 is 8.29. The van der Waals surface area contributed by atoms with Crippen LogP contribution in [-0.2, 0) is 10.7 Å². The van der Waals surface area contributed by atoms with Gasteiger partial charge in [-0.1, -0.05) is 28.1 Å². The molecule has 0 heterocycles. The standard InChI is InChI=1S/C10H9BrClF2NO/c11-8-3-1-2-7(4-8)10(13,14)6-15-9(16)5-12/h1-4H,5-6H2,(H,15,16). The van der Waals surface area contributed by atoms with Gasteiger partial charge in [-0.25, -0.2) is 0 Å². The predicted molar refractivity (Wildman–Crippen MR) is 61.8 cm³/mol. The van der Waals surface area contributed by atoms with Crippen LogP contribution in [0.25, 0.3) is 0 Å². The molecule has 0 spiro atoms. The molecule has 88 valence electrons. The number of halogens is 4. The first-order valence-electron chi connectivity index (χ1n) is 4.42. The number of amides is 1. The molecule has 0 bridgehead atoms. The first-order valence-corrected chi connectivity index (χ1v) is 5.75. The van der Waals surface area contributed by atoms with Crippen LogP contribution in [0, 0.1) is 0 Å². The Morgan fingerprint density at radius 3 is 2.75 bits per heavy atom. The zero-order chi connectivity index (χ0) is 12.2. The van der Waals surface area contributed by atoms with Crippen LogP contribution in [0.3, 0.4) is 0 Å². The van der Waals surface area contributed by atoms with Crippen molar-refractivity contribution in [3.8, 4) is 0 Å². The molecule has 0 unspecified atom stereocenters. The number of hydrogen-bond acceptors (Lipinski definition) is 1. The summed E-state index contributed by atoms with van der Waals surface area (Å²) in [6, 6.07) is 5.78. The number of carbonyl (C=O) groups is 1. The van der Waals surface area contributed by atoms with E-state index in [1.165, 1.54) is 18.2 Å². The SMILES string of the molecule is O=C(CCl)NCC(F)(F)c1cccc(Br)c1. The number of nitrogens with one attached hydrogen (secondary N) is 1. The maximum absolute atomic E-state index is 13.6. The lowest BCUT2D eigenvalue weighted by Gasteiger charge is -2.17. The molecule has 1 amide bonds. The summed E-state index contributed by atoms with van der Waals surface area (Å²) in [5.74, 6) is -4.04. The third-order valence-corrected chi connectivity index (χ3v) is 2.61. The van der Waals surface area contributed by atoms with Gasteiger partial charge in [0, 0.05) is 10.0 Å². The molecular formula is C10H9BrClF2NO. The van der Waals surface area contributed by atoms with Gasteiger partial charge >= 0.3 is 0 Å². The molecule has 0 saturated carbocycles. The van der Waals surface area contributed by atoms with Crippen LogP contribution in [0.1, 0.15) is 5.56 Å². The van der Waals surface area contributed by atoms with E-state index in [1.807, 2.05) is 0 Å². The molecule has 1 rings (SSSR count). The molecule has 0 radical (unpaired) electrons. The van der Waals surface area contributed by atoms with Crippen LogP contribution in [0.15, 0.2) is 28.7 Å². The van der Waals surface area contributed by atoms with E-state index in [0.29, 0.717) is 4.47 Å². The second kappa shape index (κ2) is 5.59. The average Bonchev–Trinajstić information content (AvgIpc) is 2.26. The van der Waals surface area contributed by atoms with Gasteiger partial charge < -0.3 is 5.32 Å². The van der Waals surface area contributed by atoms with Gasteiger partial charge in [-0.3, -0.25) is 4.79 Å². The maximum atomic E-state index is 13.6. The normalized spacial score (nSPS) is 11.2.